The number of benzene rings is 2. The molecule has 0 spiro atoms. The number of piperazine rings is 1. The van der Waals surface area contributed by atoms with E-state index in [1.807, 2.05) is 55.5 Å². The smallest absolute Gasteiger partial charge is 0.255 e. The molecule has 0 bridgehead atoms. The van der Waals surface area contributed by atoms with Crippen molar-refractivity contribution in [1.82, 2.24) is 10.2 Å². The Hall–Kier alpha value is -3.06. The number of amides is 2. The summed E-state index contributed by atoms with van der Waals surface area (Å²) in [6.45, 7) is 4.65. The zero-order chi connectivity index (χ0) is 21.5. The highest BCUT2D eigenvalue weighted by Gasteiger charge is 2.28. The molecule has 0 aliphatic carbocycles. The molecule has 0 radical (unpaired) electrons. The summed E-state index contributed by atoms with van der Waals surface area (Å²) < 4.78 is 5.60. The van der Waals surface area contributed by atoms with Gasteiger partial charge in [0.15, 0.2) is 0 Å². The lowest BCUT2D eigenvalue weighted by atomic mass is 10.0. The SMILES string of the molecule is CCOc1ccccc1NC(=O)CC1CNCCN1c1ccccc1C(=O)N(C)C. The second-order valence-corrected chi connectivity index (χ2v) is 7.45. The van der Waals surface area contributed by atoms with Gasteiger partial charge < -0.3 is 25.2 Å². The molecule has 1 saturated heterocycles. The third kappa shape index (κ3) is 5.10. The molecule has 30 heavy (non-hydrogen) atoms. The Morgan fingerprint density at radius 1 is 1.17 bits per heavy atom. The van der Waals surface area contributed by atoms with Crippen LogP contribution in [0.3, 0.4) is 0 Å². The maximum Gasteiger partial charge on any atom is 0.255 e. The Labute approximate surface area is 178 Å². The summed E-state index contributed by atoms with van der Waals surface area (Å²) in [5.41, 5.74) is 2.18. The number of rotatable bonds is 7. The van der Waals surface area contributed by atoms with Gasteiger partial charge in [0.2, 0.25) is 5.91 Å². The first kappa shape index (κ1) is 21.6. The van der Waals surface area contributed by atoms with Crippen LogP contribution < -0.4 is 20.3 Å². The van der Waals surface area contributed by atoms with Crippen LogP contribution in [-0.4, -0.2) is 63.1 Å². The molecule has 2 aromatic carbocycles. The predicted octanol–water partition coefficient (Wildman–Crippen LogP) is 2.59. The molecule has 1 aliphatic rings. The fourth-order valence-corrected chi connectivity index (χ4v) is 3.67. The Morgan fingerprint density at radius 2 is 1.90 bits per heavy atom. The molecular formula is C23H30N4O3. The lowest BCUT2D eigenvalue weighted by molar-refractivity contribution is -0.116. The molecule has 160 valence electrons. The highest BCUT2D eigenvalue weighted by molar-refractivity contribution is 6.00. The van der Waals surface area contributed by atoms with Crippen molar-refractivity contribution < 1.29 is 14.3 Å². The summed E-state index contributed by atoms with van der Waals surface area (Å²) in [6.07, 6.45) is 0.304. The zero-order valence-corrected chi connectivity index (χ0v) is 17.9. The second-order valence-electron chi connectivity index (χ2n) is 7.45. The number of carbonyl (C=O) groups is 2. The van der Waals surface area contributed by atoms with Gasteiger partial charge in [0.05, 0.1) is 23.9 Å². The van der Waals surface area contributed by atoms with Gasteiger partial charge in [-0.1, -0.05) is 24.3 Å². The summed E-state index contributed by atoms with van der Waals surface area (Å²) in [6, 6.07) is 15.0. The Bertz CT molecular complexity index is 884. The van der Waals surface area contributed by atoms with E-state index in [4.69, 9.17) is 4.74 Å². The van der Waals surface area contributed by atoms with Gasteiger partial charge in [0.1, 0.15) is 5.75 Å². The molecule has 2 N–H and O–H groups in total. The van der Waals surface area contributed by atoms with E-state index in [1.165, 1.54) is 0 Å². The summed E-state index contributed by atoms with van der Waals surface area (Å²) in [5, 5.41) is 6.34. The Morgan fingerprint density at radius 3 is 2.67 bits per heavy atom. The van der Waals surface area contributed by atoms with E-state index in [9.17, 15) is 9.59 Å². The minimum absolute atomic E-state index is 0.0435. The number of nitrogens with zero attached hydrogens (tertiary/aromatic N) is 2. The number of anilines is 2. The fraction of sp³-hybridized carbons (Fsp3) is 0.391. The van der Waals surface area contributed by atoms with Crippen molar-refractivity contribution in [1.29, 1.82) is 0 Å². The normalized spacial score (nSPS) is 16.1. The van der Waals surface area contributed by atoms with Crippen LogP contribution in [0.15, 0.2) is 48.5 Å². The predicted molar refractivity (Wildman–Crippen MR) is 119 cm³/mol. The highest BCUT2D eigenvalue weighted by atomic mass is 16.5. The van der Waals surface area contributed by atoms with Gasteiger partial charge in [-0.3, -0.25) is 9.59 Å². The van der Waals surface area contributed by atoms with Crippen molar-refractivity contribution in [2.75, 3.05) is 50.6 Å². The molecule has 0 saturated carbocycles. The average Bonchev–Trinajstić information content (AvgIpc) is 2.75. The minimum Gasteiger partial charge on any atom is -0.492 e. The number of carbonyl (C=O) groups excluding carboxylic acids is 2. The summed E-state index contributed by atoms with van der Waals surface area (Å²) in [7, 11) is 3.50. The van der Waals surface area contributed by atoms with Crippen LogP contribution in [0.5, 0.6) is 5.75 Å². The monoisotopic (exact) mass is 410 g/mol. The van der Waals surface area contributed by atoms with E-state index in [-0.39, 0.29) is 17.9 Å². The van der Waals surface area contributed by atoms with Gasteiger partial charge in [-0.05, 0) is 31.2 Å². The van der Waals surface area contributed by atoms with E-state index in [2.05, 4.69) is 15.5 Å². The number of hydrogen-bond donors (Lipinski definition) is 2. The average molecular weight is 411 g/mol. The molecule has 1 fully saturated rings. The van der Waals surface area contributed by atoms with Crippen LogP contribution in [-0.2, 0) is 4.79 Å². The van der Waals surface area contributed by atoms with E-state index in [1.54, 1.807) is 19.0 Å². The first-order chi connectivity index (χ1) is 14.5. The summed E-state index contributed by atoms with van der Waals surface area (Å²) in [4.78, 5) is 29.3. The van der Waals surface area contributed by atoms with Crippen molar-refractivity contribution in [2.45, 2.75) is 19.4 Å². The number of hydrogen-bond acceptors (Lipinski definition) is 5. The fourth-order valence-electron chi connectivity index (χ4n) is 3.67. The maximum atomic E-state index is 12.8. The Balaban J connectivity index is 1.78. The minimum atomic E-state index is -0.0859. The standard InChI is InChI=1S/C23H30N4O3/c1-4-30-21-12-8-6-10-19(21)25-22(28)15-17-16-24-13-14-27(17)20-11-7-5-9-18(20)23(29)26(2)3/h5-12,17,24H,4,13-16H2,1-3H3,(H,25,28). The van der Waals surface area contributed by atoms with E-state index in [0.717, 1.165) is 18.8 Å². The molecule has 1 atom stereocenters. The van der Waals surface area contributed by atoms with Crippen LogP contribution in [0, 0.1) is 0 Å². The first-order valence-electron chi connectivity index (χ1n) is 10.3. The Kier molecular flexibility index (Phi) is 7.30. The van der Waals surface area contributed by atoms with Crippen molar-refractivity contribution >= 4 is 23.2 Å². The highest BCUT2D eigenvalue weighted by Crippen LogP contribution is 2.27. The second kappa shape index (κ2) is 10.1. The molecule has 1 aliphatic heterocycles. The van der Waals surface area contributed by atoms with Crippen molar-refractivity contribution in [3.8, 4) is 5.75 Å². The van der Waals surface area contributed by atoms with Crippen LogP contribution in [0.1, 0.15) is 23.7 Å². The maximum absolute atomic E-state index is 12.8. The van der Waals surface area contributed by atoms with Crippen molar-refractivity contribution in [3.63, 3.8) is 0 Å². The van der Waals surface area contributed by atoms with Gasteiger partial charge in [-0.25, -0.2) is 0 Å². The number of ether oxygens (including phenoxy) is 1. The lowest BCUT2D eigenvalue weighted by Gasteiger charge is -2.38. The third-order valence-corrected chi connectivity index (χ3v) is 5.08. The van der Waals surface area contributed by atoms with E-state index >= 15 is 0 Å². The van der Waals surface area contributed by atoms with Crippen LogP contribution in [0.2, 0.25) is 0 Å². The molecule has 0 aromatic heterocycles. The third-order valence-electron chi connectivity index (χ3n) is 5.08. The zero-order valence-electron chi connectivity index (χ0n) is 17.9. The van der Waals surface area contributed by atoms with Gasteiger partial charge in [0, 0.05) is 45.8 Å². The van der Waals surface area contributed by atoms with Crippen LogP contribution in [0.25, 0.3) is 0 Å². The van der Waals surface area contributed by atoms with Gasteiger partial charge in [0.25, 0.3) is 5.91 Å². The molecular weight excluding hydrogens is 380 g/mol. The van der Waals surface area contributed by atoms with Crippen molar-refractivity contribution in [3.05, 3.63) is 54.1 Å². The molecule has 1 heterocycles. The van der Waals surface area contributed by atoms with E-state index < -0.39 is 0 Å². The molecule has 1 unspecified atom stereocenters. The van der Waals surface area contributed by atoms with Crippen LogP contribution in [0.4, 0.5) is 11.4 Å². The first-order valence-corrected chi connectivity index (χ1v) is 10.3. The van der Waals surface area contributed by atoms with Gasteiger partial charge in [-0.15, -0.1) is 0 Å². The van der Waals surface area contributed by atoms with E-state index in [0.29, 0.717) is 36.6 Å². The van der Waals surface area contributed by atoms with Crippen LogP contribution >= 0.6 is 0 Å². The van der Waals surface area contributed by atoms with Gasteiger partial charge in [-0.2, -0.15) is 0 Å². The molecule has 2 aromatic rings. The number of para-hydroxylation sites is 3. The lowest BCUT2D eigenvalue weighted by Crippen LogP contribution is -2.53. The number of nitrogens with one attached hydrogen (secondary N) is 2. The largest absolute Gasteiger partial charge is 0.492 e. The van der Waals surface area contributed by atoms with Gasteiger partial charge >= 0.3 is 0 Å². The van der Waals surface area contributed by atoms with Crippen molar-refractivity contribution in [2.24, 2.45) is 0 Å². The summed E-state index contributed by atoms with van der Waals surface area (Å²) in [5.74, 6) is 0.532. The molecule has 2 amide bonds. The molecule has 3 rings (SSSR count). The molecule has 7 heteroatoms. The summed E-state index contributed by atoms with van der Waals surface area (Å²) >= 11 is 0. The topological polar surface area (TPSA) is 73.9 Å². The quantitative estimate of drug-likeness (QED) is 0.734. The molecule has 7 nitrogen and oxygen atoms in total.